The van der Waals surface area contributed by atoms with Crippen LogP contribution in [0.1, 0.15) is 34.9 Å². The van der Waals surface area contributed by atoms with Crippen molar-refractivity contribution in [3.63, 3.8) is 0 Å². The number of rotatable bonds is 5. The highest BCUT2D eigenvalue weighted by Crippen LogP contribution is 2.37. The zero-order valence-corrected chi connectivity index (χ0v) is 16.8. The van der Waals surface area contributed by atoms with Gasteiger partial charge in [-0.2, -0.15) is 0 Å². The largest absolute Gasteiger partial charge is 0.497 e. The number of ether oxygens (including phenoxy) is 3. The second-order valence-corrected chi connectivity index (χ2v) is 7.03. The lowest BCUT2D eigenvalue weighted by Gasteiger charge is -2.25. The van der Waals surface area contributed by atoms with Crippen molar-refractivity contribution in [2.75, 3.05) is 27.9 Å². The van der Waals surface area contributed by atoms with Gasteiger partial charge in [0, 0.05) is 11.9 Å². The Labute approximate surface area is 170 Å². The minimum absolute atomic E-state index is 0.00401. The van der Waals surface area contributed by atoms with Crippen LogP contribution in [0.25, 0.3) is 10.9 Å². The van der Waals surface area contributed by atoms with Gasteiger partial charge in [-0.1, -0.05) is 12.1 Å². The van der Waals surface area contributed by atoms with Crippen LogP contribution in [0.15, 0.2) is 48.5 Å². The van der Waals surface area contributed by atoms with Crippen molar-refractivity contribution in [2.24, 2.45) is 0 Å². The van der Waals surface area contributed by atoms with E-state index in [4.69, 9.17) is 14.2 Å². The first kappa shape index (κ1) is 19.1. The van der Waals surface area contributed by atoms with Gasteiger partial charge in [0.25, 0.3) is 5.91 Å². The quantitative estimate of drug-likeness (QED) is 0.650. The molecule has 0 saturated carbocycles. The standard InChI is InChI=1S/C23H24N2O4/c1-27-17-8-10-18-15(13-17)6-9-19(24-18)23(26)25-12-4-5-20(25)16-7-11-21(28-2)22(14-16)29-3/h6-11,13-14,20H,4-5,12H2,1-3H3/t20-/m1/s1. The van der Waals surface area contributed by atoms with Gasteiger partial charge in [0.05, 0.1) is 32.9 Å². The van der Waals surface area contributed by atoms with Crippen molar-refractivity contribution in [3.05, 3.63) is 59.8 Å². The number of aromatic nitrogens is 1. The number of carbonyl (C=O) groups excluding carboxylic acids is 1. The Balaban J connectivity index is 1.63. The zero-order chi connectivity index (χ0) is 20.4. The summed E-state index contributed by atoms with van der Waals surface area (Å²) in [6.07, 6.45) is 1.86. The Bertz CT molecular complexity index is 1050. The van der Waals surface area contributed by atoms with E-state index in [0.717, 1.165) is 35.1 Å². The molecule has 1 aliphatic rings. The number of pyridine rings is 1. The van der Waals surface area contributed by atoms with E-state index in [1.165, 1.54) is 0 Å². The molecular formula is C23H24N2O4. The number of likely N-dealkylation sites (tertiary alicyclic amines) is 1. The summed E-state index contributed by atoms with van der Waals surface area (Å²) >= 11 is 0. The van der Waals surface area contributed by atoms with Crippen molar-refractivity contribution < 1.29 is 19.0 Å². The maximum absolute atomic E-state index is 13.3. The van der Waals surface area contributed by atoms with Gasteiger partial charge in [-0.15, -0.1) is 0 Å². The number of amides is 1. The molecule has 2 aromatic carbocycles. The highest BCUT2D eigenvalue weighted by molar-refractivity contribution is 5.95. The van der Waals surface area contributed by atoms with Gasteiger partial charge < -0.3 is 19.1 Å². The Hall–Kier alpha value is -3.28. The molecule has 150 valence electrons. The number of benzene rings is 2. The summed E-state index contributed by atoms with van der Waals surface area (Å²) in [6, 6.07) is 15.2. The summed E-state index contributed by atoms with van der Waals surface area (Å²) < 4.78 is 16.0. The van der Waals surface area contributed by atoms with Gasteiger partial charge in [-0.05, 0) is 54.8 Å². The van der Waals surface area contributed by atoms with E-state index in [0.29, 0.717) is 23.7 Å². The lowest BCUT2D eigenvalue weighted by atomic mass is 10.0. The highest BCUT2D eigenvalue weighted by Gasteiger charge is 2.31. The second-order valence-electron chi connectivity index (χ2n) is 7.03. The Morgan fingerprint density at radius 3 is 2.55 bits per heavy atom. The van der Waals surface area contributed by atoms with Crippen LogP contribution in [-0.2, 0) is 0 Å². The van der Waals surface area contributed by atoms with Crippen LogP contribution >= 0.6 is 0 Å². The third-order valence-corrected chi connectivity index (χ3v) is 5.42. The van der Waals surface area contributed by atoms with E-state index in [-0.39, 0.29) is 11.9 Å². The fourth-order valence-electron chi connectivity index (χ4n) is 3.91. The van der Waals surface area contributed by atoms with Crippen LogP contribution in [0.3, 0.4) is 0 Å². The molecule has 6 nitrogen and oxygen atoms in total. The first-order chi connectivity index (χ1) is 14.1. The second kappa shape index (κ2) is 7.99. The third kappa shape index (κ3) is 3.58. The normalized spacial score (nSPS) is 16.1. The molecule has 0 radical (unpaired) electrons. The number of nitrogens with zero attached hydrogens (tertiary/aromatic N) is 2. The van der Waals surface area contributed by atoms with Gasteiger partial charge in [-0.25, -0.2) is 4.98 Å². The van der Waals surface area contributed by atoms with Crippen molar-refractivity contribution in [3.8, 4) is 17.2 Å². The van der Waals surface area contributed by atoms with Gasteiger partial charge in [-0.3, -0.25) is 4.79 Å². The van der Waals surface area contributed by atoms with Crippen LogP contribution in [0.5, 0.6) is 17.2 Å². The molecule has 1 fully saturated rings. The van der Waals surface area contributed by atoms with Gasteiger partial charge >= 0.3 is 0 Å². The molecule has 1 aliphatic heterocycles. The SMILES string of the molecule is COc1ccc2nc(C(=O)N3CCC[C@@H]3c3ccc(OC)c(OC)c3)ccc2c1. The van der Waals surface area contributed by atoms with E-state index in [1.54, 1.807) is 27.4 Å². The van der Waals surface area contributed by atoms with Crippen LogP contribution in [0.4, 0.5) is 0 Å². The van der Waals surface area contributed by atoms with E-state index in [2.05, 4.69) is 4.98 Å². The lowest BCUT2D eigenvalue weighted by Crippen LogP contribution is -2.31. The average Bonchev–Trinajstić information content (AvgIpc) is 3.27. The molecule has 29 heavy (non-hydrogen) atoms. The fourth-order valence-corrected chi connectivity index (χ4v) is 3.91. The van der Waals surface area contributed by atoms with Crippen molar-refractivity contribution >= 4 is 16.8 Å². The molecule has 1 amide bonds. The summed E-state index contributed by atoms with van der Waals surface area (Å²) in [5.41, 5.74) is 2.27. The lowest BCUT2D eigenvalue weighted by molar-refractivity contribution is 0.0730. The number of hydrogen-bond acceptors (Lipinski definition) is 5. The smallest absolute Gasteiger partial charge is 0.272 e. The van der Waals surface area contributed by atoms with Crippen molar-refractivity contribution in [1.82, 2.24) is 9.88 Å². The number of methoxy groups -OCH3 is 3. The molecule has 1 aromatic heterocycles. The summed E-state index contributed by atoms with van der Waals surface area (Å²) in [5, 5.41) is 0.943. The van der Waals surface area contributed by atoms with Crippen LogP contribution in [0, 0.1) is 0 Å². The molecule has 0 aliphatic carbocycles. The first-order valence-electron chi connectivity index (χ1n) is 9.62. The molecule has 3 aromatic rings. The summed E-state index contributed by atoms with van der Waals surface area (Å²) in [6.45, 7) is 0.709. The van der Waals surface area contributed by atoms with Crippen LogP contribution in [0.2, 0.25) is 0 Å². The predicted molar refractivity (Wildman–Crippen MR) is 111 cm³/mol. The molecule has 2 heterocycles. The molecule has 0 bridgehead atoms. The highest BCUT2D eigenvalue weighted by atomic mass is 16.5. The topological polar surface area (TPSA) is 60.9 Å². The third-order valence-electron chi connectivity index (χ3n) is 5.42. The molecule has 0 unspecified atom stereocenters. The molecule has 1 atom stereocenters. The summed E-state index contributed by atoms with van der Waals surface area (Å²) in [5.74, 6) is 2.06. The van der Waals surface area contributed by atoms with E-state index >= 15 is 0 Å². The fraction of sp³-hybridized carbons (Fsp3) is 0.304. The average molecular weight is 392 g/mol. The monoisotopic (exact) mass is 392 g/mol. The van der Waals surface area contributed by atoms with Gasteiger partial charge in [0.2, 0.25) is 0 Å². The minimum Gasteiger partial charge on any atom is -0.497 e. The van der Waals surface area contributed by atoms with Gasteiger partial charge in [0.1, 0.15) is 11.4 Å². The van der Waals surface area contributed by atoms with E-state index in [9.17, 15) is 4.79 Å². The Morgan fingerprint density at radius 1 is 0.966 bits per heavy atom. The molecular weight excluding hydrogens is 368 g/mol. The zero-order valence-electron chi connectivity index (χ0n) is 16.8. The number of carbonyl (C=O) groups is 1. The molecule has 0 spiro atoms. The maximum atomic E-state index is 13.3. The van der Waals surface area contributed by atoms with Crippen molar-refractivity contribution in [1.29, 1.82) is 0 Å². The number of fused-ring (bicyclic) bond motifs is 1. The molecule has 6 heteroatoms. The van der Waals surface area contributed by atoms with Crippen molar-refractivity contribution in [2.45, 2.75) is 18.9 Å². The first-order valence-corrected chi connectivity index (χ1v) is 9.62. The Morgan fingerprint density at radius 2 is 1.79 bits per heavy atom. The number of hydrogen-bond donors (Lipinski definition) is 0. The van der Waals surface area contributed by atoms with Gasteiger partial charge in [0.15, 0.2) is 11.5 Å². The molecule has 0 N–H and O–H groups in total. The predicted octanol–water partition coefficient (Wildman–Crippen LogP) is 4.24. The molecule has 1 saturated heterocycles. The minimum atomic E-state index is -0.0556. The molecule has 4 rings (SSSR count). The maximum Gasteiger partial charge on any atom is 0.272 e. The van der Waals surface area contributed by atoms with E-state index in [1.807, 2.05) is 47.4 Å². The summed E-state index contributed by atoms with van der Waals surface area (Å²) in [7, 11) is 4.87. The van der Waals surface area contributed by atoms with E-state index < -0.39 is 0 Å². The Kier molecular flexibility index (Phi) is 5.25. The summed E-state index contributed by atoms with van der Waals surface area (Å²) in [4.78, 5) is 19.8. The van der Waals surface area contributed by atoms with Crippen LogP contribution in [-0.4, -0.2) is 43.7 Å². The van der Waals surface area contributed by atoms with Crippen LogP contribution < -0.4 is 14.2 Å².